The van der Waals surface area contributed by atoms with E-state index in [1.807, 2.05) is 6.92 Å². The summed E-state index contributed by atoms with van der Waals surface area (Å²) < 4.78 is 0.757. The van der Waals surface area contributed by atoms with Gasteiger partial charge in [0.15, 0.2) is 0 Å². The molecule has 5 nitrogen and oxygen atoms in total. The molecular formula is C13H13BrN2O3. The van der Waals surface area contributed by atoms with Crippen molar-refractivity contribution in [1.82, 2.24) is 5.32 Å². The van der Waals surface area contributed by atoms with Crippen LogP contribution in [0.2, 0.25) is 0 Å². The fourth-order valence-electron chi connectivity index (χ4n) is 1.89. The minimum atomic E-state index is -0.653. The Hall–Kier alpha value is -1.69. The first-order valence-electron chi connectivity index (χ1n) is 5.97. The molecule has 0 fully saturated rings. The molecule has 1 heterocycles. The van der Waals surface area contributed by atoms with Crippen LogP contribution in [-0.2, 0) is 9.59 Å². The Bertz CT molecular complexity index is 557. The van der Waals surface area contributed by atoms with Crippen LogP contribution in [0.15, 0.2) is 22.7 Å². The number of nitrogens with zero attached hydrogens (tertiary/aromatic N) is 1. The Morgan fingerprint density at radius 2 is 2.11 bits per heavy atom. The monoisotopic (exact) mass is 324 g/mol. The van der Waals surface area contributed by atoms with Crippen molar-refractivity contribution in [2.75, 3.05) is 18.0 Å². The molecule has 0 saturated carbocycles. The summed E-state index contributed by atoms with van der Waals surface area (Å²) in [6.07, 6.45) is 0.820. The van der Waals surface area contributed by atoms with Crippen LogP contribution in [0.25, 0.3) is 0 Å². The van der Waals surface area contributed by atoms with Gasteiger partial charge in [-0.25, -0.2) is 0 Å². The number of benzene rings is 1. The van der Waals surface area contributed by atoms with Gasteiger partial charge in [-0.1, -0.05) is 22.9 Å². The molecule has 100 valence electrons. The first-order chi connectivity index (χ1) is 9.04. The van der Waals surface area contributed by atoms with Gasteiger partial charge in [-0.2, -0.15) is 0 Å². The number of anilines is 1. The second kappa shape index (κ2) is 5.52. The van der Waals surface area contributed by atoms with Gasteiger partial charge in [0, 0.05) is 11.0 Å². The van der Waals surface area contributed by atoms with Crippen LogP contribution >= 0.6 is 15.9 Å². The minimum Gasteiger partial charge on any atom is -0.355 e. The van der Waals surface area contributed by atoms with Gasteiger partial charge in [-0.05, 0) is 24.6 Å². The number of halogens is 1. The number of hydrogen-bond acceptors (Lipinski definition) is 3. The molecule has 1 aliphatic heterocycles. The van der Waals surface area contributed by atoms with Gasteiger partial charge in [0.2, 0.25) is 5.91 Å². The molecule has 19 heavy (non-hydrogen) atoms. The first-order valence-corrected chi connectivity index (χ1v) is 6.76. The van der Waals surface area contributed by atoms with E-state index in [1.165, 1.54) is 4.90 Å². The summed E-state index contributed by atoms with van der Waals surface area (Å²) in [5, 5.41) is 2.68. The molecule has 1 aliphatic rings. The Morgan fingerprint density at radius 1 is 1.37 bits per heavy atom. The summed E-state index contributed by atoms with van der Waals surface area (Å²) in [6.45, 7) is 2.37. The SMILES string of the molecule is CCCNC(=O)CN1C(=O)C(=O)c2ccc(Br)cc21. The smallest absolute Gasteiger partial charge is 0.299 e. The van der Waals surface area contributed by atoms with Crippen LogP contribution in [0.3, 0.4) is 0 Å². The van der Waals surface area contributed by atoms with Gasteiger partial charge >= 0.3 is 0 Å². The molecule has 1 N–H and O–H groups in total. The fraction of sp³-hybridized carbons (Fsp3) is 0.308. The Balaban J connectivity index is 2.23. The summed E-state index contributed by atoms with van der Waals surface area (Å²) in [6, 6.07) is 4.96. The molecule has 0 aliphatic carbocycles. The highest BCUT2D eigenvalue weighted by molar-refractivity contribution is 9.10. The van der Waals surface area contributed by atoms with Crippen molar-refractivity contribution in [3.8, 4) is 0 Å². The molecule has 6 heteroatoms. The molecule has 2 rings (SSSR count). The van der Waals surface area contributed by atoms with Crippen LogP contribution in [0.1, 0.15) is 23.7 Å². The van der Waals surface area contributed by atoms with Crippen LogP contribution in [0, 0.1) is 0 Å². The normalized spacial score (nSPS) is 13.7. The maximum atomic E-state index is 11.9. The summed E-state index contributed by atoms with van der Waals surface area (Å²) in [7, 11) is 0. The highest BCUT2D eigenvalue weighted by Crippen LogP contribution is 2.31. The molecule has 1 aromatic rings. The van der Waals surface area contributed by atoms with Gasteiger partial charge < -0.3 is 5.32 Å². The number of rotatable bonds is 4. The molecule has 0 unspecified atom stereocenters. The zero-order valence-electron chi connectivity index (χ0n) is 10.4. The zero-order valence-corrected chi connectivity index (χ0v) is 12.0. The van der Waals surface area contributed by atoms with Crippen LogP contribution in [0.4, 0.5) is 5.69 Å². The lowest BCUT2D eigenvalue weighted by Crippen LogP contribution is -2.40. The van der Waals surface area contributed by atoms with Gasteiger partial charge in [0.05, 0.1) is 11.3 Å². The van der Waals surface area contributed by atoms with Gasteiger partial charge in [-0.15, -0.1) is 0 Å². The van der Waals surface area contributed by atoms with Crippen molar-refractivity contribution in [3.05, 3.63) is 28.2 Å². The molecule has 0 aromatic heterocycles. The van der Waals surface area contributed by atoms with Crippen molar-refractivity contribution in [2.45, 2.75) is 13.3 Å². The number of ketones is 1. The topological polar surface area (TPSA) is 66.5 Å². The number of nitrogens with one attached hydrogen (secondary N) is 1. The third-order valence-electron chi connectivity index (χ3n) is 2.81. The van der Waals surface area contributed by atoms with Crippen molar-refractivity contribution in [2.24, 2.45) is 0 Å². The van der Waals surface area contributed by atoms with E-state index in [9.17, 15) is 14.4 Å². The van der Waals surface area contributed by atoms with Gasteiger partial charge in [-0.3, -0.25) is 19.3 Å². The number of carbonyl (C=O) groups excluding carboxylic acids is 3. The molecule has 1 aromatic carbocycles. The quantitative estimate of drug-likeness (QED) is 0.853. The largest absolute Gasteiger partial charge is 0.355 e. The molecule has 0 spiro atoms. The molecular weight excluding hydrogens is 312 g/mol. The number of carbonyl (C=O) groups is 3. The van der Waals surface area contributed by atoms with Gasteiger partial charge in [0.1, 0.15) is 6.54 Å². The number of amides is 2. The standard InChI is InChI=1S/C13H13BrN2O3/c1-2-5-15-11(17)7-16-10-6-8(14)3-4-9(10)12(18)13(16)19/h3-4,6H,2,5,7H2,1H3,(H,15,17). The van der Waals surface area contributed by atoms with Crippen LogP contribution < -0.4 is 10.2 Å². The van der Waals surface area contributed by atoms with E-state index in [4.69, 9.17) is 0 Å². The summed E-state index contributed by atoms with van der Waals surface area (Å²) in [5.74, 6) is -1.48. The van der Waals surface area contributed by atoms with Crippen molar-refractivity contribution in [3.63, 3.8) is 0 Å². The average Bonchev–Trinajstić information content (AvgIpc) is 2.61. The Morgan fingerprint density at radius 3 is 2.79 bits per heavy atom. The van der Waals surface area contributed by atoms with E-state index in [-0.39, 0.29) is 12.5 Å². The second-order valence-corrected chi connectivity index (χ2v) is 5.15. The lowest BCUT2D eigenvalue weighted by molar-refractivity contribution is -0.122. The predicted molar refractivity (Wildman–Crippen MR) is 74.1 cm³/mol. The molecule has 0 radical (unpaired) electrons. The summed E-state index contributed by atoms with van der Waals surface area (Å²) in [5.41, 5.74) is 0.826. The Kier molecular flexibility index (Phi) is 3.99. The summed E-state index contributed by atoms with van der Waals surface area (Å²) in [4.78, 5) is 36.5. The third kappa shape index (κ3) is 2.68. The molecule has 0 atom stereocenters. The maximum Gasteiger partial charge on any atom is 0.299 e. The van der Waals surface area contributed by atoms with E-state index >= 15 is 0 Å². The van der Waals surface area contributed by atoms with E-state index in [2.05, 4.69) is 21.2 Å². The highest BCUT2D eigenvalue weighted by atomic mass is 79.9. The van der Waals surface area contributed by atoms with E-state index in [0.717, 1.165) is 10.9 Å². The number of hydrogen-bond donors (Lipinski definition) is 1. The van der Waals surface area contributed by atoms with Crippen molar-refractivity contribution < 1.29 is 14.4 Å². The average molecular weight is 325 g/mol. The zero-order chi connectivity index (χ0) is 14.0. The molecule has 0 saturated heterocycles. The number of Topliss-reactive ketones (excluding diaryl/α,β-unsaturated/α-hetero) is 1. The minimum absolute atomic E-state index is 0.131. The fourth-order valence-corrected chi connectivity index (χ4v) is 2.24. The maximum absolute atomic E-state index is 11.9. The second-order valence-electron chi connectivity index (χ2n) is 4.23. The number of fused-ring (bicyclic) bond motifs is 1. The Labute approximate surface area is 119 Å². The van der Waals surface area contributed by atoms with Gasteiger partial charge in [0.25, 0.3) is 11.7 Å². The van der Waals surface area contributed by atoms with E-state index in [1.54, 1.807) is 18.2 Å². The highest BCUT2D eigenvalue weighted by Gasteiger charge is 2.36. The molecule has 0 bridgehead atoms. The van der Waals surface area contributed by atoms with Crippen LogP contribution in [-0.4, -0.2) is 30.7 Å². The van der Waals surface area contributed by atoms with Crippen LogP contribution in [0.5, 0.6) is 0 Å². The third-order valence-corrected chi connectivity index (χ3v) is 3.30. The van der Waals surface area contributed by atoms with Crippen molar-refractivity contribution in [1.29, 1.82) is 0 Å². The van der Waals surface area contributed by atoms with E-state index < -0.39 is 11.7 Å². The summed E-state index contributed by atoms with van der Waals surface area (Å²) >= 11 is 3.29. The lowest BCUT2D eigenvalue weighted by atomic mass is 10.1. The predicted octanol–water partition coefficient (Wildman–Crippen LogP) is 1.50. The first kappa shape index (κ1) is 13.7. The lowest BCUT2D eigenvalue weighted by Gasteiger charge is -2.16. The van der Waals surface area contributed by atoms with Crippen molar-refractivity contribution >= 4 is 39.2 Å². The van der Waals surface area contributed by atoms with E-state index in [0.29, 0.717) is 17.8 Å². The molecule has 2 amide bonds.